The number of halogens is 3. The van der Waals surface area contributed by atoms with Gasteiger partial charge in [0.2, 0.25) is 5.95 Å². The molecule has 2 aromatic heterocycles. The van der Waals surface area contributed by atoms with Gasteiger partial charge in [-0.3, -0.25) is 9.47 Å². The van der Waals surface area contributed by atoms with Crippen LogP contribution in [0.5, 0.6) is 17.5 Å². The number of rotatable bonds is 8. The van der Waals surface area contributed by atoms with E-state index in [9.17, 15) is 23.3 Å². The van der Waals surface area contributed by atoms with Crippen molar-refractivity contribution in [1.82, 2.24) is 24.4 Å². The standard InChI is InChI=1S/C24H26F3N7O5/c1-23(15-33-14-20(34(35)36)30-22(33)39-23)16-37-19-11-28-21(29-12-19)32-8-2-7-31(9-10-32)13-17-3-5-18(6-4-17)38-24(25,26)27/h3-6,11-12,14H,2,7-10,13,15-16H2,1H3/t23-/m1/s1. The number of fused-ring (bicyclic) bond motifs is 1. The van der Waals surface area contributed by atoms with E-state index in [2.05, 4.69) is 29.5 Å². The minimum Gasteiger partial charge on any atom is -0.486 e. The molecule has 0 spiro atoms. The van der Waals surface area contributed by atoms with Gasteiger partial charge in [-0.05, 0) is 36.0 Å². The monoisotopic (exact) mass is 549 g/mol. The molecule has 1 saturated heterocycles. The number of benzene rings is 1. The van der Waals surface area contributed by atoms with Gasteiger partial charge in [0, 0.05) is 37.7 Å². The van der Waals surface area contributed by atoms with Crippen LogP contribution in [0.4, 0.5) is 24.9 Å². The van der Waals surface area contributed by atoms with E-state index in [0.29, 0.717) is 31.3 Å². The molecule has 4 heterocycles. The van der Waals surface area contributed by atoms with Crippen molar-refractivity contribution in [2.75, 3.05) is 37.7 Å². The number of nitrogens with zero attached hydrogens (tertiary/aromatic N) is 7. The zero-order valence-electron chi connectivity index (χ0n) is 21.0. The van der Waals surface area contributed by atoms with Crippen LogP contribution in [0.25, 0.3) is 0 Å². The summed E-state index contributed by atoms with van der Waals surface area (Å²) in [5, 5.41) is 10.9. The molecular weight excluding hydrogens is 523 g/mol. The van der Waals surface area contributed by atoms with Crippen molar-refractivity contribution >= 4 is 11.8 Å². The summed E-state index contributed by atoms with van der Waals surface area (Å²) in [7, 11) is 0. The van der Waals surface area contributed by atoms with Crippen molar-refractivity contribution < 1.29 is 32.3 Å². The van der Waals surface area contributed by atoms with Gasteiger partial charge in [-0.15, -0.1) is 13.2 Å². The topological polar surface area (TPSA) is 121 Å². The van der Waals surface area contributed by atoms with Crippen LogP contribution in [0.3, 0.4) is 0 Å². The van der Waals surface area contributed by atoms with Gasteiger partial charge in [-0.1, -0.05) is 12.1 Å². The molecule has 1 aromatic carbocycles. The lowest BCUT2D eigenvalue weighted by Crippen LogP contribution is -2.38. The van der Waals surface area contributed by atoms with Crippen LogP contribution in [0.1, 0.15) is 18.9 Å². The number of imidazole rings is 1. The van der Waals surface area contributed by atoms with E-state index in [1.807, 2.05) is 6.92 Å². The Morgan fingerprint density at radius 1 is 1.10 bits per heavy atom. The summed E-state index contributed by atoms with van der Waals surface area (Å²) >= 11 is 0. The highest BCUT2D eigenvalue weighted by atomic mass is 19.4. The minimum absolute atomic E-state index is 0.175. The van der Waals surface area contributed by atoms with Crippen LogP contribution in [0, 0.1) is 10.1 Å². The van der Waals surface area contributed by atoms with Gasteiger partial charge in [0.05, 0.1) is 18.9 Å². The fourth-order valence-corrected chi connectivity index (χ4v) is 4.52. The summed E-state index contributed by atoms with van der Waals surface area (Å²) < 4.78 is 54.2. The van der Waals surface area contributed by atoms with E-state index in [1.165, 1.54) is 18.3 Å². The first-order valence-electron chi connectivity index (χ1n) is 12.2. The lowest BCUT2D eigenvalue weighted by molar-refractivity contribution is -0.389. The van der Waals surface area contributed by atoms with Crippen molar-refractivity contribution in [2.45, 2.75) is 38.4 Å². The van der Waals surface area contributed by atoms with Gasteiger partial charge in [-0.25, -0.2) is 9.97 Å². The minimum atomic E-state index is -4.71. The highest BCUT2D eigenvalue weighted by Crippen LogP contribution is 2.31. The normalized spacial score (nSPS) is 19.7. The van der Waals surface area contributed by atoms with E-state index < -0.39 is 16.9 Å². The number of alkyl halides is 3. The molecule has 15 heteroatoms. The third kappa shape index (κ3) is 6.66. The lowest BCUT2D eigenvalue weighted by atomic mass is 10.1. The summed E-state index contributed by atoms with van der Waals surface area (Å²) in [4.78, 5) is 27.4. The molecule has 0 amide bonds. The molecule has 0 aliphatic carbocycles. The number of anilines is 1. The Hall–Kier alpha value is -4.14. The first kappa shape index (κ1) is 26.5. The molecule has 12 nitrogen and oxygen atoms in total. The maximum atomic E-state index is 12.4. The number of nitro groups is 1. The molecule has 0 bridgehead atoms. The molecule has 0 saturated carbocycles. The van der Waals surface area contributed by atoms with Gasteiger partial charge in [0.25, 0.3) is 0 Å². The molecule has 0 N–H and O–H groups in total. The summed E-state index contributed by atoms with van der Waals surface area (Å²) in [6.45, 7) is 6.01. The number of hydrogen-bond acceptors (Lipinski definition) is 10. The van der Waals surface area contributed by atoms with Crippen LogP contribution in [-0.4, -0.2) is 74.1 Å². The van der Waals surface area contributed by atoms with E-state index in [1.54, 1.807) is 29.1 Å². The smallest absolute Gasteiger partial charge is 0.486 e. The Labute approximate surface area is 221 Å². The molecule has 208 valence electrons. The van der Waals surface area contributed by atoms with Crippen molar-refractivity contribution in [3.63, 3.8) is 0 Å². The summed E-state index contributed by atoms with van der Waals surface area (Å²) in [6.07, 6.45) is 0.695. The second-order valence-corrected chi connectivity index (χ2v) is 9.63. The largest absolute Gasteiger partial charge is 0.573 e. The third-order valence-electron chi connectivity index (χ3n) is 6.35. The predicted molar refractivity (Wildman–Crippen MR) is 131 cm³/mol. The second-order valence-electron chi connectivity index (χ2n) is 9.63. The van der Waals surface area contributed by atoms with Gasteiger partial charge in [0.1, 0.15) is 18.6 Å². The van der Waals surface area contributed by atoms with E-state index in [0.717, 1.165) is 31.6 Å². The van der Waals surface area contributed by atoms with Crippen molar-refractivity contribution in [2.24, 2.45) is 0 Å². The average Bonchev–Trinajstić information content (AvgIpc) is 3.30. The van der Waals surface area contributed by atoms with Gasteiger partial charge in [-0.2, -0.15) is 0 Å². The van der Waals surface area contributed by atoms with Crippen LogP contribution in [0.2, 0.25) is 0 Å². The maximum absolute atomic E-state index is 12.4. The Balaban J connectivity index is 1.10. The molecule has 39 heavy (non-hydrogen) atoms. The molecule has 0 unspecified atom stereocenters. The first-order valence-corrected chi connectivity index (χ1v) is 12.2. The highest BCUT2D eigenvalue weighted by Gasteiger charge is 2.41. The number of ether oxygens (including phenoxy) is 3. The van der Waals surface area contributed by atoms with Crippen LogP contribution in [-0.2, 0) is 13.1 Å². The van der Waals surface area contributed by atoms with Crippen molar-refractivity contribution in [1.29, 1.82) is 0 Å². The first-order chi connectivity index (χ1) is 18.6. The zero-order chi connectivity index (χ0) is 27.6. The fraction of sp³-hybridized carbons (Fsp3) is 0.458. The molecular formula is C24H26F3N7O5. The summed E-state index contributed by atoms with van der Waals surface area (Å²) in [5.74, 6) is 0.547. The fourth-order valence-electron chi connectivity index (χ4n) is 4.52. The lowest BCUT2D eigenvalue weighted by Gasteiger charge is -2.23. The quantitative estimate of drug-likeness (QED) is 0.305. The third-order valence-corrected chi connectivity index (χ3v) is 6.35. The molecule has 1 atom stereocenters. The molecule has 5 rings (SSSR count). The van der Waals surface area contributed by atoms with Crippen LogP contribution < -0.4 is 19.1 Å². The molecule has 2 aliphatic heterocycles. The van der Waals surface area contributed by atoms with Crippen molar-refractivity contribution in [3.8, 4) is 17.5 Å². The predicted octanol–water partition coefficient (Wildman–Crippen LogP) is 3.42. The average molecular weight is 550 g/mol. The number of aromatic nitrogens is 4. The van der Waals surface area contributed by atoms with Crippen LogP contribution in [0.15, 0.2) is 42.9 Å². The maximum Gasteiger partial charge on any atom is 0.573 e. The Bertz CT molecular complexity index is 1280. The van der Waals surface area contributed by atoms with Gasteiger partial charge >= 0.3 is 18.2 Å². The van der Waals surface area contributed by atoms with E-state index in [-0.39, 0.29) is 24.2 Å². The van der Waals surface area contributed by atoms with Crippen molar-refractivity contribution in [3.05, 3.63) is 58.5 Å². The van der Waals surface area contributed by atoms with E-state index >= 15 is 0 Å². The Kier molecular flexibility index (Phi) is 7.16. The molecule has 1 fully saturated rings. The second kappa shape index (κ2) is 10.6. The zero-order valence-corrected chi connectivity index (χ0v) is 21.0. The van der Waals surface area contributed by atoms with Gasteiger partial charge in [0.15, 0.2) is 11.4 Å². The summed E-state index contributed by atoms with van der Waals surface area (Å²) in [5.41, 5.74) is 0.160. The van der Waals surface area contributed by atoms with Gasteiger partial charge < -0.3 is 29.2 Å². The Morgan fingerprint density at radius 2 is 1.85 bits per heavy atom. The molecule has 3 aromatic rings. The summed E-state index contributed by atoms with van der Waals surface area (Å²) in [6, 6.07) is 6.11. The molecule has 2 aliphatic rings. The Morgan fingerprint density at radius 3 is 2.51 bits per heavy atom. The highest BCUT2D eigenvalue weighted by molar-refractivity contribution is 5.32. The number of hydrogen-bond donors (Lipinski definition) is 0. The SMILES string of the molecule is C[C@]1(COc2cnc(N3CCCN(Cc4ccc(OC(F)(F)F)cc4)CC3)nc2)Cn2cc([N+](=O)[O-])nc2O1. The van der Waals surface area contributed by atoms with E-state index in [4.69, 9.17) is 9.47 Å². The molecule has 0 radical (unpaired) electrons. The van der Waals surface area contributed by atoms with Crippen LogP contribution >= 0.6 is 0 Å².